The highest BCUT2D eigenvalue weighted by molar-refractivity contribution is 8.01. The quantitative estimate of drug-likeness (QED) is 0.0291. The number of nitrogens with one attached hydrogen (secondary N) is 1. The number of carboxylic acids is 2. The van der Waals surface area contributed by atoms with Crippen molar-refractivity contribution in [2.24, 2.45) is 5.16 Å². The third-order valence-corrected chi connectivity index (χ3v) is 8.60. The van der Waals surface area contributed by atoms with Crippen LogP contribution in [0, 0.1) is 0 Å². The summed E-state index contributed by atoms with van der Waals surface area (Å²) >= 11 is 3.35. The summed E-state index contributed by atoms with van der Waals surface area (Å²) in [6, 6.07) is 0.277. The van der Waals surface area contributed by atoms with E-state index in [0.29, 0.717) is 5.57 Å². The molecule has 0 radical (unpaired) electrons. The third-order valence-electron chi connectivity index (χ3n) is 5.55. The van der Waals surface area contributed by atoms with Crippen LogP contribution in [0.4, 0.5) is 16.8 Å². The Morgan fingerprint density at radius 3 is 2.67 bits per heavy atom. The van der Waals surface area contributed by atoms with E-state index in [-0.39, 0.29) is 44.8 Å². The van der Waals surface area contributed by atoms with Crippen LogP contribution in [0.3, 0.4) is 0 Å². The second-order valence-corrected chi connectivity index (χ2v) is 11.2. The largest absolute Gasteiger partial charge is 0.478 e. The summed E-state index contributed by atoms with van der Waals surface area (Å²) in [5.74, 6) is 2.32. The molecule has 0 saturated carbocycles. The van der Waals surface area contributed by atoms with Crippen LogP contribution in [-0.2, 0) is 24.0 Å². The molecule has 2 aromatic heterocycles. The van der Waals surface area contributed by atoms with Crippen LogP contribution in [0.2, 0.25) is 0 Å². The first-order valence-corrected chi connectivity index (χ1v) is 14.0. The highest BCUT2D eigenvalue weighted by Gasteiger charge is 2.54. The van der Waals surface area contributed by atoms with Crippen LogP contribution < -0.4 is 33.0 Å². The number of nitrogen functional groups attached to an aromatic ring is 4. The molecule has 4 rings (SSSR count). The first kappa shape index (κ1) is 28.7. The lowest BCUT2D eigenvalue weighted by atomic mass is 10.0. The van der Waals surface area contributed by atoms with E-state index in [1.807, 2.05) is 0 Å². The Hall–Kier alpha value is -4.30. The fourth-order valence-electron chi connectivity index (χ4n) is 3.56. The van der Waals surface area contributed by atoms with Gasteiger partial charge in [-0.15, -0.1) is 27.8 Å². The van der Waals surface area contributed by atoms with E-state index in [1.165, 1.54) is 30.1 Å². The normalized spacial score (nSPS) is 19.5. The summed E-state index contributed by atoms with van der Waals surface area (Å²) in [4.78, 5) is 63.5. The maximum absolute atomic E-state index is 13.1. The van der Waals surface area contributed by atoms with Crippen molar-refractivity contribution in [3.8, 4) is 0 Å². The average Bonchev–Trinajstić information content (AvgIpc) is 3.33. The van der Waals surface area contributed by atoms with E-state index in [2.05, 4.69) is 20.4 Å². The number of anilines is 3. The molecule has 2 aliphatic heterocycles. The monoisotopic (exact) mass is 611 g/mol. The zero-order chi connectivity index (χ0) is 29.3. The average molecular weight is 612 g/mol. The van der Waals surface area contributed by atoms with Crippen LogP contribution in [0.5, 0.6) is 0 Å². The summed E-state index contributed by atoms with van der Waals surface area (Å²) in [7, 11) is 0. The maximum Gasteiger partial charge on any atom is 0.352 e. The number of nitrogens with two attached hydrogens (primary N) is 4. The van der Waals surface area contributed by atoms with Crippen molar-refractivity contribution in [3.05, 3.63) is 28.4 Å². The Labute approximate surface area is 237 Å². The molecular formula is C20H23N10O7S3+. The van der Waals surface area contributed by atoms with Crippen molar-refractivity contribution >= 4 is 81.1 Å². The van der Waals surface area contributed by atoms with Gasteiger partial charge in [-0.2, -0.15) is 0 Å². The Bertz CT molecular complexity index is 1460. The first-order valence-electron chi connectivity index (χ1n) is 11.1. The number of rotatable bonds is 10. The van der Waals surface area contributed by atoms with Gasteiger partial charge in [0, 0.05) is 16.9 Å². The summed E-state index contributed by atoms with van der Waals surface area (Å²) in [6.07, 6.45) is -1.37. The van der Waals surface area contributed by atoms with Crippen molar-refractivity contribution in [1.82, 2.24) is 20.2 Å². The minimum atomic E-state index is -1.37. The molecule has 1 saturated heterocycles. The number of oxime groups is 1. The topological polar surface area (TPSA) is 279 Å². The van der Waals surface area contributed by atoms with E-state index in [0.717, 1.165) is 32.7 Å². The molecule has 40 heavy (non-hydrogen) atoms. The van der Waals surface area contributed by atoms with Gasteiger partial charge in [0.05, 0.1) is 6.07 Å². The number of carbonyl (C=O) groups is 4. The lowest BCUT2D eigenvalue weighted by Gasteiger charge is -2.49. The standard InChI is InChI=1S/C20H22N10O7S3/c1-6(17(33)34)37-28-11(8-5-39-19(23)25-8)14(31)27-12-15(32)29-13(18(35)36)7(3-38-16(12)29)4-40-20-26-9(21)2-10(22)30(20)24/h2,5-6,12,16H,3-4,24H2,1H3,(H8,21,22,23,25,27,31,33,34,35,36)/p+1/b28-11-/t6-,12?,16?/m1/s1. The molecule has 0 aromatic carbocycles. The van der Waals surface area contributed by atoms with E-state index in [9.17, 15) is 24.3 Å². The molecule has 17 nitrogen and oxygen atoms in total. The number of nitrogens with zero attached hydrogens (tertiary/aromatic N) is 5. The number of fused-ring (bicyclic) bond motifs is 1. The van der Waals surface area contributed by atoms with Crippen LogP contribution >= 0.6 is 34.9 Å². The smallest absolute Gasteiger partial charge is 0.352 e. The van der Waals surface area contributed by atoms with Crippen LogP contribution in [0.15, 0.2) is 33.0 Å². The number of amides is 2. The molecule has 2 aliphatic rings. The number of thiazole rings is 1. The minimum Gasteiger partial charge on any atom is -0.478 e. The van der Waals surface area contributed by atoms with Crippen molar-refractivity contribution in [3.63, 3.8) is 0 Å². The summed E-state index contributed by atoms with van der Waals surface area (Å²) in [5.41, 5.74) is 17.0. The SMILES string of the molecule is C[C@@H](O/N=C(\C(=O)NC1C(=O)N2C(C(=O)O)=C(CSc3nc(N)cc(N)[n+]3N)CSC12)c1csc(N)n1)C(=O)O. The molecule has 11 N–H and O–H groups in total. The number of hydrogen-bond acceptors (Lipinski definition) is 15. The fourth-order valence-corrected chi connectivity index (χ4v) is 6.54. The Morgan fingerprint density at radius 2 is 2.05 bits per heavy atom. The predicted molar refractivity (Wildman–Crippen MR) is 145 cm³/mol. The second kappa shape index (κ2) is 11.4. The van der Waals surface area contributed by atoms with Crippen molar-refractivity contribution in [1.29, 1.82) is 0 Å². The number of β-lactam (4-membered cyclic amide) rings is 1. The molecule has 0 bridgehead atoms. The molecular weight excluding hydrogens is 588 g/mol. The van der Waals surface area contributed by atoms with E-state index < -0.39 is 47.0 Å². The van der Waals surface area contributed by atoms with E-state index in [4.69, 9.17) is 33.0 Å². The summed E-state index contributed by atoms with van der Waals surface area (Å²) in [6.45, 7) is 1.21. The molecule has 2 aromatic rings. The molecule has 0 aliphatic carbocycles. The molecule has 212 valence electrons. The molecule has 4 heterocycles. The minimum absolute atomic E-state index is 0.0101. The van der Waals surface area contributed by atoms with Gasteiger partial charge in [0.15, 0.2) is 10.8 Å². The van der Waals surface area contributed by atoms with Gasteiger partial charge in [-0.3, -0.25) is 20.3 Å². The molecule has 0 spiro atoms. The van der Waals surface area contributed by atoms with Crippen molar-refractivity contribution < 1.29 is 38.9 Å². The van der Waals surface area contributed by atoms with E-state index >= 15 is 0 Å². The number of carboxylic acid groups (broad SMARTS) is 2. The zero-order valence-electron chi connectivity index (χ0n) is 20.5. The van der Waals surface area contributed by atoms with Gasteiger partial charge >= 0.3 is 17.1 Å². The number of aromatic nitrogens is 3. The molecule has 20 heteroatoms. The Kier molecular flexibility index (Phi) is 8.21. The highest BCUT2D eigenvalue weighted by Crippen LogP contribution is 2.41. The molecule has 1 fully saturated rings. The van der Waals surface area contributed by atoms with Gasteiger partial charge in [-0.25, -0.2) is 14.6 Å². The van der Waals surface area contributed by atoms with Gasteiger partial charge in [0.2, 0.25) is 17.7 Å². The third kappa shape index (κ3) is 5.67. The lowest BCUT2D eigenvalue weighted by molar-refractivity contribution is -0.667. The van der Waals surface area contributed by atoms with Crippen molar-refractivity contribution in [2.45, 2.75) is 29.6 Å². The number of aliphatic carboxylic acids is 2. The Morgan fingerprint density at radius 1 is 1.32 bits per heavy atom. The van der Waals surface area contributed by atoms with E-state index in [1.54, 1.807) is 0 Å². The number of thioether (sulfide) groups is 2. The zero-order valence-corrected chi connectivity index (χ0v) is 23.0. The van der Waals surface area contributed by atoms with Crippen LogP contribution in [0.1, 0.15) is 12.6 Å². The number of carbonyl (C=O) groups excluding carboxylic acids is 2. The van der Waals surface area contributed by atoms with Gasteiger partial charge in [0.1, 0.15) is 22.8 Å². The van der Waals surface area contributed by atoms with Gasteiger partial charge in [-0.1, -0.05) is 10.1 Å². The molecule has 2 unspecified atom stereocenters. The van der Waals surface area contributed by atoms with Crippen LogP contribution in [-0.4, -0.2) is 83.6 Å². The van der Waals surface area contributed by atoms with Gasteiger partial charge < -0.3 is 37.6 Å². The van der Waals surface area contributed by atoms with Crippen LogP contribution in [0.25, 0.3) is 0 Å². The first-order chi connectivity index (χ1) is 18.9. The maximum atomic E-state index is 13.1. The molecule has 2 amide bonds. The summed E-state index contributed by atoms with van der Waals surface area (Å²) in [5, 5.41) is 26.2. The molecule has 3 atom stereocenters. The fraction of sp³-hybridized carbons (Fsp3) is 0.300. The van der Waals surface area contributed by atoms with Gasteiger partial charge in [0.25, 0.3) is 11.8 Å². The lowest BCUT2D eigenvalue weighted by Crippen LogP contribution is -2.71. The summed E-state index contributed by atoms with van der Waals surface area (Å²) < 4.78 is 1.11. The number of hydrogen-bond donors (Lipinski definition) is 7. The second-order valence-electron chi connectivity index (χ2n) is 8.26. The van der Waals surface area contributed by atoms with Crippen molar-refractivity contribution in [2.75, 3.05) is 34.5 Å². The highest BCUT2D eigenvalue weighted by atomic mass is 32.2. The Balaban J connectivity index is 1.52. The van der Waals surface area contributed by atoms with Gasteiger partial charge in [-0.05, 0) is 24.3 Å². The predicted octanol–water partition coefficient (Wildman–Crippen LogP) is -1.99.